The van der Waals surface area contributed by atoms with Gasteiger partial charge in [-0.25, -0.2) is 9.07 Å². The van der Waals surface area contributed by atoms with Gasteiger partial charge < -0.3 is 5.32 Å². The van der Waals surface area contributed by atoms with Crippen LogP contribution >= 0.6 is 11.6 Å². The van der Waals surface area contributed by atoms with Gasteiger partial charge in [-0.1, -0.05) is 36.7 Å². The number of nitrogens with zero attached hydrogens (tertiary/aromatic N) is 3. The maximum absolute atomic E-state index is 13.4. The summed E-state index contributed by atoms with van der Waals surface area (Å²) in [6.07, 6.45) is 3.72. The van der Waals surface area contributed by atoms with Crippen molar-refractivity contribution in [3.8, 4) is 0 Å². The van der Waals surface area contributed by atoms with Gasteiger partial charge in [0, 0.05) is 6.54 Å². The highest BCUT2D eigenvalue weighted by Crippen LogP contribution is 2.25. The molecular weight excluding hydrogens is 291 g/mol. The molecule has 0 bridgehead atoms. The summed E-state index contributed by atoms with van der Waals surface area (Å²) < 4.78 is 15.3. The summed E-state index contributed by atoms with van der Waals surface area (Å²) in [7, 11) is 0. The summed E-state index contributed by atoms with van der Waals surface area (Å²) in [6.45, 7) is 5.84. The Hall–Kier alpha value is -1.46. The molecule has 4 nitrogen and oxygen atoms in total. The third-order valence-electron chi connectivity index (χ3n) is 3.25. The molecule has 114 valence electrons. The van der Waals surface area contributed by atoms with Crippen molar-refractivity contribution in [1.82, 2.24) is 20.3 Å². The van der Waals surface area contributed by atoms with Gasteiger partial charge in [-0.05, 0) is 37.1 Å². The molecule has 2 rings (SSSR count). The van der Waals surface area contributed by atoms with Crippen LogP contribution in [0.2, 0.25) is 5.02 Å². The van der Waals surface area contributed by atoms with E-state index in [1.54, 1.807) is 18.3 Å². The van der Waals surface area contributed by atoms with Crippen LogP contribution < -0.4 is 5.32 Å². The number of aryl methyl sites for hydroxylation is 1. The minimum Gasteiger partial charge on any atom is -0.305 e. The lowest BCUT2D eigenvalue weighted by atomic mass is 10.0. The first-order valence-corrected chi connectivity index (χ1v) is 7.61. The summed E-state index contributed by atoms with van der Waals surface area (Å²) in [6, 6.07) is 4.71. The summed E-state index contributed by atoms with van der Waals surface area (Å²) in [5, 5.41) is 11.7. The molecule has 21 heavy (non-hydrogen) atoms. The lowest BCUT2D eigenvalue weighted by Gasteiger charge is -2.20. The van der Waals surface area contributed by atoms with Gasteiger partial charge in [0.25, 0.3) is 0 Å². The van der Waals surface area contributed by atoms with Gasteiger partial charge in [-0.3, -0.25) is 0 Å². The summed E-state index contributed by atoms with van der Waals surface area (Å²) in [5.41, 5.74) is 1.88. The van der Waals surface area contributed by atoms with Gasteiger partial charge in [0.1, 0.15) is 5.82 Å². The van der Waals surface area contributed by atoms with Crippen LogP contribution in [0, 0.1) is 5.82 Å². The van der Waals surface area contributed by atoms with E-state index in [1.165, 1.54) is 6.07 Å². The fourth-order valence-electron chi connectivity index (χ4n) is 2.25. The van der Waals surface area contributed by atoms with Crippen LogP contribution in [0.4, 0.5) is 4.39 Å². The summed E-state index contributed by atoms with van der Waals surface area (Å²) in [5.74, 6) is -0.408. The Kier molecular flexibility index (Phi) is 5.70. The molecule has 6 heteroatoms. The first-order chi connectivity index (χ1) is 10.2. The number of halogens is 2. The normalized spacial score (nSPS) is 12.6. The minimum absolute atomic E-state index is 0.0930. The number of benzene rings is 1. The molecule has 0 radical (unpaired) electrons. The first-order valence-electron chi connectivity index (χ1n) is 7.24. The molecule has 0 amide bonds. The highest BCUT2D eigenvalue weighted by atomic mass is 35.5. The van der Waals surface area contributed by atoms with Crippen LogP contribution in [0.15, 0.2) is 24.4 Å². The first kappa shape index (κ1) is 15.9. The molecule has 0 aliphatic heterocycles. The van der Waals surface area contributed by atoms with E-state index in [4.69, 9.17) is 11.6 Å². The monoisotopic (exact) mass is 310 g/mol. The average molecular weight is 311 g/mol. The quantitative estimate of drug-likeness (QED) is 0.850. The molecule has 1 N–H and O–H groups in total. The third-order valence-corrected chi connectivity index (χ3v) is 3.54. The zero-order valence-electron chi connectivity index (χ0n) is 12.3. The number of nitrogens with one attached hydrogen (secondary N) is 1. The number of rotatable bonds is 7. The van der Waals surface area contributed by atoms with Gasteiger partial charge in [0.2, 0.25) is 0 Å². The van der Waals surface area contributed by atoms with Crippen LogP contribution in [0.3, 0.4) is 0 Å². The van der Waals surface area contributed by atoms with E-state index in [0.29, 0.717) is 0 Å². The lowest BCUT2D eigenvalue weighted by Crippen LogP contribution is -2.26. The summed E-state index contributed by atoms with van der Waals surface area (Å²) in [4.78, 5) is 0. The Balaban J connectivity index is 2.37. The van der Waals surface area contributed by atoms with Crippen LogP contribution in [0.25, 0.3) is 0 Å². The van der Waals surface area contributed by atoms with E-state index in [0.717, 1.165) is 37.2 Å². The molecule has 2 aromatic rings. The van der Waals surface area contributed by atoms with Gasteiger partial charge in [-0.15, -0.1) is 5.10 Å². The molecule has 1 aromatic carbocycles. The average Bonchev–Trinajstić information content (AvgIpc) is 2.92. The van der Waals surface area contributed by atoms with E-state index >= 15 is 0 Å². The molecule has 0 saturated carbocycles. The predicted octanol–water partition coefficient (Wildman–Crippen LogP) is 3.57. The van der Waals surface area contributed by atoms with Crippen LogP contribution in [-0.4, -0.2) is 21.5 Å². The smallest absolute Gasteiger partial charge is 0.141 e. The number of hydrogen-bond donors (Lipinski definition) is 1. The maximum Gasteiger partial charge on any atom is 0.141 e. The van der Waals surface area contributed by atoms with E-state index in [2.05, 4.69) is 29.5 Å². The van der Waals surface area contributed by atoms with Crippen molar-refractivity contribution in [1.29, 1.82) is 0 Å². The fourth-order valence-corrected chi connectivity index (χ4v) is 2.44. The van der Waals surface area contributed by atoms with Crippen LogP contribution in [0.5, 0.6) is 0 Å². The molecule has 0 aliphatic carbocycles. The largest absolute Gasteiger partial charge is 0.305 e. The van der Waals surface area contributed by atoms with E-state index in [1.807, 2.05) is 4.68 Å². The Morgan fingerprint density at radius 3 is 2.81 bits per heavy atom. The van der Waals surface area contributed by atoms with E-state index in [-0.39, 0.29) is 11.1 Å². The summed E-state index contributed by atoms with van der Waals surface area (Å²) >= 11 is 5.91. The Morgan fingerprint density at radius 1 is 1.33 bits per heavy atom. The highest BCUT2D eigenvalue weighted by Gasteiger charge is 2.19. The molecular formula is C15H20ClFN4. The molecule has 1 heterocycles. The molecule has 1 atom stereocenters. The number of aromatic nitrogens is 3. The molecule has 1 aromatic heterocycles. The highest BCUT2D eigenvalue weighted by molar-refractivity contribution is 6.30. The lowest BCUT2D eigenvalue weighted by molar-refractivity contribution is 0.503. The molecule has 1 unspecified atom stereocenters. The van der Waals surface area contributed by atoms with Crippen molar-refractivity contribution in [2.75, 3.05) is 6.54 Å². The van der Waals surface area contributed by atoms with E-state index < -0.39 is 5.82 Å². The standard InChI is InChI=1S/C15H20ClFN4/c1-3-7-18-15(11-5-6-13(17)12(16)9-11)14-10-19-20-21(14)8-4-2/h5-6,9-10,15,18H,3-4,7-8H2,1-2H3. The Bertz CT molecular complexity index is 585. The predicted molar refractivity (Wildman–Crippen MR) is 81.9 cm³/mol. The van der Waals surface area contributed by atoms with Crippen molar-refractivity contribution in [2.45, 2.75) is 39.3 Å². The second kappa shape index (κ2) is 7.52. The van der Waals surface area contributed by atoms with Crippen molar-refractivity contribution in [3.63, 3.8) is 0 Å². The van der Waals surface area contributed by atoms with Crippen molar-refractivity contribution < 1.29 is 4.39 Å². The van der Waals surface area contributed by atoms with Crippen molar-refractivity contribution in [3.05, 3.63) is 46.5 Å². The second-order valence-corrected chi connectivity index (χ2v) is 5.35. The zero-order valence-corrected chi connectivity index (χ0v) is 13.1. The van der Waals surface area contributed by atoms with Gasteiger partial charge in [0.15, 0.2) is 0 Å². The molecule has 0 fully saturated rings. The topological polar surface area (TPSA) is 42.7 Å². The van der Waals surface area contributed by atoms with Crippen LogP contribution in [0.1, 0.15) is 44.0 Å². The Morgan fingerprint density at radius 2 is 2.14 bits per heavy atom. The van der Waals surface area contributed by atoms with Crippen LogP contribution in [-0.2, 0) is 6.54 Å². The van der Waals surface area contributed by atoms with Gasteiger partial charge >= 0.3 is 0 Å². The van der Waals surface area contributed by atoms with Gasteiger partial charge in [0.05, 0.1) is 23.0 Å². The second-order valence-electron chi connectivity index (χ2n) is 4.94. The maximum atomic E-state index is 13.4. The zero-order chi connectivity index (χ0) is 15.2. The third kappa shape index (κ3) is 3.80. The Labute approximate surface area is 129 Å². The molecule has 0 aliphatic rings. The SMILES string of the molecule is CCCNC(c1ccc(F)c(Cl)c1)c1cnnn1CCC. The molecule has 0 spiro atoms. The number of hydrogen-bond acceptors (Lipinski definition) is 3. The van der Waals surface area contributed by atoms with Crippen molar-refractivity contribution >= 4 is 11.6 Å². The van der Waals surface area contributed by atoms with E-state index in [9.17, 15) is 4.39 Å². The van der Waals surface area contributed by atoms with Crippen molar-refractivity contribution in [2.24, 2.45) is 0 Å². The molecule has 0 saturated heterocycles. The minimum atomic E-state index is -0.408. The fraction of sp³-hybridized carbons (Fsp3) is 0.467. The van der Waals surface area contributed by atoms with Gasteiger partial charge in [-0.2, -0.15) is 0 Å².